The van der Waals surface area contributed by atoms with Crippen LogP contribution in [0.4, 0.5) is 0 Å². The molecule has 0 radical (unpaired) electrons. The maximum atomic E-state index is 11.9. The van der Waals surface area contributed by atoms with E-state index < -0.39 is 0 Å². The van der Waals surface area contributed by atoms with E-state index in [1.807, 2.05) is 0 Å². The molecule has 0 N–H and O–H groups in total. The molecule has 2 aromatic carbocycles. The van der Waals surface area contributed by atoms with Crippen LogP contribution in [-0.2, 0) is 21.0 Å². The Morgan fingerprint density at radius 2 is 1.23 bits per heavy atom. The number of fused-ring (bicyclic) bond motifs is 4. The lowest BCUT2D eigenvalue weighted by Gasteiger charge is -2.33. The number of methoxy groups -OCH3 is 1. The minimum Gasteiger partial charge on any atom is -0.496 e. The van der Waals surface area contributed by atoms with Gasteiger partial charge in [-0.2, -0.15) is 0 Å². The SMILES string of the molecule is COc1c(C)cc2c(c1C)C1(CC2(C)C)CC(C)(C)c2cc(C)c(OC(C)=O)c(C)c21. The third-order valence-electron chi connectivity index (χ3n) is 7.76. The molecule has 0 heterocycles. The highest BCUT2D eigenvalue weighted by Gasteiger charge is 2.58. The van der Waals surface area contributed by atoms with Gasteiger partial charge in [0.15, 0.2) is 0 Å². The summed E-state index contributed by atoms with van der Waals surface area (Å²) in [7, 11) is 1.77. The lowest BCUT2D eigenvalue weighted by molar-refractivity contribution is -0.131. The van der Waals surface area contributed by atoms with Crippen molar-refractivity contribution in [1.29, 1.82) is 0 Å². The highest BCUT2D eigenvalue weighted by Crippen LogP contribution is 2.65. The number of aryl methyl sites for hydroxylation is 2. The van der Waals surface area contributed by atoms with Crippen molar-refractivity contribution in [2.45, 2.75) is 91.4 Å². The lowest BCUT2D eigenvalue weighted by atomic mass is 9.70. The molecule has 1 spiro atoms. The number of esters is 1. The Kier molecular flexibility index (Phi) is 4.67. The molecule has 0 saturated carbocycles. The molecular formula is C28H36O3. The first-order valence-corrected chi connectivity index (χ1v) is 11.3. The van der Waals surface area contributed by atoms with Gasteiger partial charge in [0, 0.05) is 12.3 Å². The number of hydrogen-bond acceptors (Lipinski definition) is 3. The van der Waals surface area contributed by atoms with Crippen LogP contribution in [0.1, 0.15) is 92.0 Å². The van der Waals surface area contributed by atoms with Gasteiger partial charge in [0.25, 0.3) is 0 Å². The molecular weight excluding hydrogens is 384 g/mol. The number of carbonyl (C=O) groups is 1. The van der Waals surface area contributed by atoms with E-state index in [0.717, 1.165) is 35.5 Å². The van der Waals surface area contributed by atoms with Crippen LogP contribution in [0.25, 0.3) is 0 Å². The standard InChI is InChI=1S/C28H36O3/c1-15-11-20-22(17(3)24(15)30-10)28(13-26(20,6)7)14-27(8,9)21-12-16(2)25(31-19(5)29)18(4)23(21)28/h11-12H,13-14H2,1-10H3. The predicted octanol–water partition coefficient (Wildman–Crippen LogP) is 6.50. The zero-order chi connectivity index (χ0) is 23.1. The molecule has 1 unspecified atom stereocenters. The quantitative estimate of drug-likeness (QED) is 0.411. The van der Waals surface area contributed by atoms with Crippen molar-refractivity contribution in [3.63, 3.8) is 0 Å². The second kappa shape index (κ2) is 6.60. The molecule has 3 heteroatoms. The van der Waals surface area contributed by atoms with Crippen LogP contribution in [-0.4, -0.2) is 13.1 Å². The summed E-state index contributed by atoms with van der Waals surface area (Å²) in [6, 6.07) is 4.61. The van der Waals surface area contributed by atoms with E-state index in [4.69, 9.17) is 9.47 Å². The maximum Gasteiger partial charge on any atom is 0.308 e. The Hall–Kier alpha value is -2.29. The molecule has 0 amide bonds. The molecule has 2 aromatic rings. The Balaban J connectivity index is 2.13. The van der Waals surface area contributed by atoms with Gasteiger partial charge in [0.2, 0.25) is 0 Å². The monoisotopic (exact) mass is 420 g/mol. The second-order valence-electron chi connectivity index (χ2n) is 11.1. The van der Waals surface area contributed by atoms with Gasteiger partial charge in [-0.15, -0.1) is 0 Å². The third kappa shape index (κ3) is 2.88. The van der Waals surface area contributed by atoms with Crippen molar-refractivity contribution in [3.05, 3.63) is 56.6 Å². The highest BCUT2D eigenvalue weighted by atomic mass is 16.5. The van der Waals surface area contributed by atoms with Crippen LogP contribution in [0, 0.1) is 27.7 Å². The van der Waals surface area contributed by atoms with Gasteiger partial charge in [0.05, 0.1) is 7.11 Å². The first-order chi connectivity index (χ1) is 14.3. The van der Waals surface area contributed by atoms with E-state index in [2.05, 4.69) is 67.5 Å². The van der Waals surface area contributed by atoms with Gasteiger partial charge in [-0.3, -0.25) is 4.79 Å². The van der Waals surface area contributed by atoms with E-state index in [0.29, 0.717) is 0 Å². The average Bonchev–Trinajstić information content (AvgIpc) is 2.97. The average molecular weight is 421 g/mol. The van der Waals surface area contributed by atoms with E-state index in [1.54, 1.807) is 7.11 Å². The van der Waals surface area contributed by atoms with Crippen LogP contribution >= 0.6 is 0 Å². The van der Waals surface area contributed by atoms with E-state index in [1.165, 1.54) is 40.3 Å². The summed E-state index contributed by atoms with van der Waals surface area (Å²) in [6.45, 7) is 19.5. The number of rotatable bonds is 2. The summed E-state index contributed by atoms with van der Waals surface area (Å²) in [5.41, 5.74) is 10.2. The second-order valence-corrected chi connectivity index (χ2v) is 11.1. The van der Waals surface area contributed by atoms with E-state index in [-0.39, 0.29) is 22.2 Å². The Morgan fingerprint density at radius 1 is 0.806 bits per heavy atom. The van der Waals surface area contributed by atoms with Gasteiger partial charge in [-0.1, -0.05) is 39.8 Å². The molecule has 4 rings (SSSR count). The molecule has 0 bridgehead atoms. The van der Waals surface area contributed by atoms with Crippen molar-refractivity contribution in [1.82, 2.24) is 0 Å². The minimum atomic E-state index is -0.266. The fourth-order valence-corrected chi connectivity index (χ4v) is 7.09. The van der Waals surface area contributed by atoms with E-state index >= 15 is 0 Å². The van der Waals surface area contributed by atoms with Gasteiger partial charge < -0.3 is 9.47 Å². The van der Waals surface area contributed by atoms with Crippen LogP contribution in [0.3, 0.4) is 0 Å². The fourth-order valence-electron chi connectivity index (χ4n) is 7.09. The fraction of sp³-hybridized carbons (Fsp3) is 0.536. The summed E-state index contributed by atoms with van der Waals surface area (Å²) in [6.07, 6.45) is 2.09. The van der Waals surface area contributed by atoms with Gasteiger partial charge in [-0.25, -0.2) is 0 Å². The zero-order valence-corrected chi connectivity index (χ0v) is 20.8. The third-order valence-corrected chi connectivity index (χ3v) is 7.76. The first kappa shape index (κ1) is 21.9. The number of hydrogen-bond donors (Lipinski definition) is 0. The molecule has 3 nitrogen and oxygen atoms in total. The molecule has 166 valence electrons. The summed E-state index contributed by atoms with van der Waals surface area (Å²) in [4.78, 5) is 11.9. The van der Waals surface area contributed by atoms with Crippen molar-refractivity contribution in [3.8, 4) is 11.5 Å². The van der Waals surface area contributed by atoms with Crippen LogP contribution in [0.15, 0.2) is 12.1 Å². The normalized spacial score (nSPS) is 22.4. The summed E-state index contributed by atoms with van der Waals surface area (Å²) in [5.74, 6) is 1.46. The van der Waals surface area contributed by atoms with Crippen molar-refractivity contribution in [2.75, 3.05) is 7.11 Å². The summed E-state index contributed by atoms with van der Waals surface area (Å²) in [5, 5.41) is 0. The minimum absolute atomic E-state index is 0.0296. The molecule has 0 aromatic heterocycles. The van der Waals surface area contributed by atoms with Crippen molar-refractivity contribution < 1.29 is 14.3 Å². The summed E-state index contributed by atoms with van der Waals surface area (Å²) < 4.78 is 11.6. The molecule has 31 heavy (non-hydrogen) atoms. The van der Waals surface area contributed by atoms with Crippen LogP contribution in [0.5, 0.6) is 11.5 Å². The molecule has 0 fully saturated rings. The lowest BCUT2D eigenvalue weighted by Crippen LogP contribution is -2.28. The maximum absolute atomic E-state index is 11.9. The van der Waals surface area contributed by atoms with Crippen LogP contribution < -0.4 is 9.47 Å². The smallest absolute Gasteiger partial charge is 0.308 e. The van der Waals surface area contributed by atoms with Crippen LogP contribution in [0.2, 0.25) is 0 Å². The first-order valence-electron chi connectivity index (χ1n) is 11.3. The highest BCUT2D eigenvalue weighted by molar-refractivity contribution is 5.73. The summed E-state index contributed by atoms with van der Waals surface area (Å²) >= 11 is 0. The Bertz CT molecular complexity index is 1120. The topological polar surface area (TPSA) is 35.5 Å². The number of ether oxygens (including phenoxy) is 2. The molecule has 0 saturated heterocycles. The van der Waals surface area contributed by atoms with Gasteiger partial charge in [0.1, 0.15) is 11.5 Å². The van der Waals surface area contributed by atoms with E-state index in [9.17, 15) is 4.79 Å². The molecule has 1 atom stereocenters. The van der Waals surface area contributed by atoms with Crippen molar-refractivity contribution in [2.24, 2.45) is 0 Å². The largest absolute Gasteiger partial charge is 0.496 e. The van der Waals surface area contributed by atoms with Crippen molar-refractivity contribution >= 4 is 5.97 Å². The molecule has 2 aliphatic rings. The number of carbonyl (C=O) groups excluding carboxylic acids is 1. The van der Waals surface area contributed by atoms with Gasteiger partial charge >= 0.3 is 5.97 Å². The molecule has 2 aliphatic carbocycles. The zero-order valence-electron chi connectivity index (χ0n) is 20.8. The Morgan fingerprint density at radius 3 is 1.65 bits per heavy atom. The van der Waals surface area contributed by atoms with Gasteiger partial charge in [-0.05, 0) is 95.9 Å². The Labute approximate surface area is 187 Å². The predicted molar refractivity (Wildman–Crippen MR) is 126 cm³/mol. The number of benzene rings is 2. The molecule has 0 aliphatic heterocycles.